The molecule has 0 aromatic heterocycles. The molecule has 0 bridgehead atoms. The van der Waals surface area contributed by atoms with Crippen molar-refractivity contribution in [3.05, 3.63) is 29.6 Å². The number of ether oxygens (including phenoxy) is 1. The third-order valence-electron chi connectivity index (χ3n) is 3.40. The lowest BCUT2D eigenvalue weighted by Crippen LogP contribution is -2.52. The van der Waals surface area contributed by atoms with E-state index in [-0.39, 0.29) is 17.5 Å². The van der Waals surface area contributed by atoms with Gasteiger partial charge >= 0.3 is 0 Å². The number of nitrogens with two attached hydrogens (primary N) is 1. The highest BCUT2D eigenvalue weighted by Gasteiger charge is 2.32. The summed E-state index contributed by atoms with van der Waals surface area (Å²) in [5, 5.41) is 0. The number of nitrogens with zero attached hydrogens (tertiary/aromatic N) is 1. The fraction of sp³-hybridized carbons (Fsp3) is 0.600. The van der Waals surface area contributed by atoms with E-state index in [1.807, 2.05) is 6.07 Å². The summed E-state index contributed by atoms with van der Waals surface area (Å²) in [6.07, 6.45) is 0.700. The van der Waals surface area contributed by atoms with Crippen molar-refractivity contribution in [3.8, 4) is 0 Å². The Labute approximate surface area is 114 Å². The Morgan fingerprint density at radius 1 is 1.47 bits per heavy atom. The number of rotatable bonds is 3. The largest absolute Gasteiger partial charge is 0.369 e. The third-order valence-corrected chi connectivity index (χ3v) is 3.40. The molecular formula is C15H23FN2O. The molecule has 1 aliphatic heterocycles. The Hall–Kier alpha value is -1.13. The van der Waals surface area contributed by atoms with Gasteiger partial charge in [-0.1, -0.05) is 6.07 Å². The van der Waals surface area contributed by atoms with Crippen LogP contribution in [0, 0.1) is 5.82 Å². The van der Waals surface area contributed by atoms with Crippen LogP contribution < -0.4 is 10.6 Å². The zero-order valence-corrected chi connectivity index (χ0v) is 11.9. The van der Waals surface area contributed by atoms with Crippen molar-refractivity contribution in [1.82, 2.24) is 0 Å². The Balaban J connectivity index is 2.33. The predicted molar refractivity (Wildman–Crippen MR) is 76.0 cm³/mol. The second kappa shape index (κ2) is 5.47. The Morgan fingerprint density at radius 3 is 2.84 bits per heavy atom. The van der Waals surface area contributed by atoms with E-state index in [1.54, 1.807) is 6.07 Å². The second-order valence-corrected chi connectivity index (χ2v) is 5.84. The zero-order valence-electron chi connectivity index (χ0n) is 11.9. The molecule has 1 heterocycles. The number of hydrogen-bond donors (Lipinski definition) is 1. The maximum atomic E-state index is 14.0. The molecule has 106 valence electrons. The Kier molecular flexibility index (Phi) is 4.11. The van der Waals surface area contributed by atoms with Crippen LogP contribution in [0.25, 0.3) is 0 Å². The van der Waals surface area contributed by atoms with Crippen molar-refractivity contribution in [1.29, 1.82) is 0 Å². The summed E-state index contributed by atoms with van der Waals surface area (Å²) in [7, 11) is 0. The fourth-order valence-electron chi connectivity index (χ4n) is 2.87. The average Bonchev–Trinajstić information content (AvgIpc) is 2.29. The van der Waals surface area contributed by atoms with Crippen LogP contribution in [0.2, 0.25) is 0 Å². The topological polar surface area (TPSA) is 38.5 Å². The highest BCUT2D eigenvalue weighted by Crippen LogP contribution is 2.29. The van der Waals surface area contributed by atoms with Gasteiger partial charge in [0.15, 0.2) is 0 Å². The molecule has 1 atom stereocenters. The zero-order chi connectivity index (χ0) is 14.0. The minimum Gasteiger partial charge on any atom is -0.369 e. The molecule has 0 aliphatic carbocycles. The SMILES string of the molecule is CC1CN(c2cccc(F)c2CCN)CC(C)(C)O1. The van der Waals surface area contributed by atoms with E-state index in [9.17, 15) is 4.39 Å². The lowest BCUT2D eigenvalue weighted by atomic mass is 10.0. The van der Waals surface area contributed by atoms with E-state index in [1.165, 1.54) is 6.07 Å². The van der Waals surface area contributed by atoms with Gasteiger partial charge in [-0.15, -0.1) is 0 Å². The van der Waals surface area contributed by atoms with Crippen LogP contribution in [0.3, 0.4) is 0 Å². The molecule has 4 heteroatoms. The number of benzene rings is 1. The first-order valence-electron chi connectivity index (χ1n) is 6.83. The summed E-state index contributed by atoms with van der Waals surface area (Å²) >= 11 is 0. The first kappa shape index (κ1) is 14.3. The molecule has 1 fully saturated rings. The van der Waals surface area contributed by atoms with Gasteiger partial charge in [-0.3, -0.25) is 0 Å². The van der Waals surface area contributed by atoms with Crippen LogP contribution in [-0.2, 0) is 11.2 Å². The van der Waals surface area contributed by atoms with Crippen molar-refractivity contribution in [3.63, 3.8) is 0 Å². The van der Waals surface area contributed by atoms with E-state index in [0.29, 0.717) is 13.0 Å². The highest BCUT2D eigenvalue weighted by atomic mass is 19.1. The van der Waals surface area contributed by atoms with Crippen molar-refractivity contribution in [2.45, 2.75) is 38.9 Å². The normalized spacial score (nSPS) is 22.6. The van der Waals surface area contributed by atoms with Crippen LogP contribution in [0.4, 0.5) is 10.1 Å². The number of halogens is 1. The summed E-state index contributed by atoms with van der Waals surface area (Å²) in [6.45, 7) is 8.19. The first-order valence-corrected chi connectivity index (χ1v) is 6.83. The molecule has 0 saturated carbocycles. The van der Waals surface area contributed by atoms with Crippen molar-refractivity contribution < 1.29 is 9.13 Å². The maximum absolute atomic E-state index is 14.0. The molecule has 1 aliphatic rings. The van der Waals surface area contributed by atoms with Gasteiger partial charge < -0.3 is 15.4 Å². The summed E-state index contributed by atoms with van der Waals surface area (Å²) in [5.74, 6) is -0.167. The van der Waals surface area contributed by atoms with Gasteiger partial charge in [-0.05, 0) is 45.9 Å². The van der Waals surface area contributed by atoms with Crippen LogP contribution in [0.5, 0.6) is 0 Å². The van der Waals surface area contributed by atoms with E-state index < -0.39 is 0 Å². The van der Waals surface area contributed by atoms with Gasteiger partial charge in [-0.2, -0.15) is 0 Å². The van der Waals surface area contributed by atoms with Crippen LogP contribution in [0.1, 0.15) is 26.3 Å². The van der Waals surface area contributed by atoms with Gasteiger partial charge in [0.05, 0.1) is 11.7 Å². The molecule has 19 heavy (non-hydrogen) atoms. The van der Waals surface area contributed by atoms with Gasteiger partial charge in [0, 0.05) is 24.3 Å². The maximum Gasteiger partial charge on any atom is 0.128 e. The van der Waals surface area contributed by atoms with E-state index in [0.717, 1.165) is 24.3 Å². The van der Waals surface area contributed by atoms with Crippen LogP contribution >= 0.6 is 0 Å². The fourth-order valence-corrected chi connectivity index (χ4v) is 2.87. The molecule has 3 nitrogen and oxygen atoms in total. The lowest BCUT2D eigenvalue weighted by Gasteiger charge is -2.43. The molecule has 2 N–H and O–H groups in total. The molecule has 0 radical (unpaired) electrons. The molecular weight excluding hydrogens is 243 g/mol. The van der Waals surface area contributed by atoms with Gasteiger partial charge in [0.25, 0.3) is 0 Å². The molecule has 2 rings (SSSR count). The first-order chi connectivity index (χ1) is 8.93. The highest BCUT2D eigenvalue weighted by molar-refractivity contribution is 5.55. The summed E-state index contributed by atoms with van der Waals surface area (Å²) < 4.78 is 19.9. The molecule has 1 saturated heterocycles. The van der Waals surface area contributed by atoms with Crippen molar-refractivity contribution >= 4 is 5.69 Å². The third kappa shape index (κ3) is 3.25. The second-order valence-electron chi connectivity index (χ2n) is 5.84. The van der Waals surface area contributed by atoms with E-state index >= 15 is 0 Å². The summed E-state index contributed by atoms with van der Waals surface area (Å²) in [6, 6.07) is 5.24. The van der Waals surface area contributed by atoms with Crippen molar-refractivity contribution in [2.24, 2.45) is 5.73 Å². The average molecular weight is 266 g/mol. The van der Waals surface area contributed by atoms with Crippen molar-refractivity contribution in [2.75, 3.05) is 24.5 Å². The van der Waals surface area contributed by atoms with Crippen LogP contribution in [-0.4, -0.2) is 31.3 Å². The molecule has 0 amide bonds. The minimum absolute atomic E-state index is 0.137. The Morgan fingerprint density at radius 2 is 2.21 bits per heavy atom. The standard InChI is InChI=1S/C15H23FN2O/c1-11-9-18(10-15(2,3)19-11)14-6-4-5-13(16)12(14)7-8-17/h4-6,11H,7-10,17H2,1-3H3. The summed E-state index contributed by atoms with van der Waals surface area (Å²) in [4.78, 5) is 2.21. The van der Waals surface area contributed by atoms with E-state index in [4.69, 9.17) is 10.5 Å². The molecule has 1 unspecified atom stereocenters. The lowest BCUT2D eigenvalue weighted by molar-refractivity contribution is -0.0750. The van der Waals surface area contributed by atoms with Gasteiger partial charge in [0.2, 0.25) is 0 Å². The number of anilines is 1. The number of morpholine rings is 1. The predicted octanol–water partition coefficient (Wildman–Crippen LogP) is 2.33. The minimum atomic E-state index is -0.218. The molecule has 1 aromatic rings. The summed E-state index contributed by atoms with van der Waals surface area (Å²) in [5.41, 5.74) is 7.05. The number of hydrogen-bond acceptors (Lipinski definition) is 3. The monoisotopic (exact) mass is 266 g/mol. The molecule has 1 aromatic carbocycles. The van der Waals surface area contributed by atoms with E-state index in [2.05, 4.69) is 25.7 Å². The quantitative estimate of drug-likeness (QED) is 0.912. The van der Waals surface area contributed by atoms with Gasteiger partial charge in [-0.25, -0.2) is 4.39 Å². The Bertz CT molecular complexity index is 448. The smallest absolute Gasteiger partial charge is 0.128 e. The van der Waals surface area contributed by atoms with Gasteiger partial charge in [0.1, 0.15) is 5.82 Å². The van der Waals surface area contributed by atoms with Crippen LogP contribution in [0.15, 0.2) is 18.2 Å². The molecule has 0 spiro atoms.